The Morgan fingerprint density at radius 2 is 1.97 bits per heavy atom. The first kappa shape index (κ1) is 23.4. The topological polar surface area (TPSA) is 93.1 Å². The van der Waals surface area contributed by atoms with E-state index >= 15 is 0 Å². The quantitative estimate of drug-likeness (QED) is 0.414. The number of hydrogen-bond donors (Lipinski definition) is 1. The lowest BCUT2D eigenvalue weighted by atomic mass is 10.0. The largest absolute Gasteiger partial charge is 0.493 e. The molecule has 0 spiro atoms. The van der Waals surface area contributed by atoms with Gasteiger partial charge in [-0.2, -0.15) is 0 Å². The van der Waals surface area contributed by atoms with E-state index in [-0.39, 0.29) is 4.91 Å². The Labute approximate surface area is 194 Å². The van der Waals surface area contributed by atoms with Gasteiger partial charge in [0.15, 0.2) is 11.5 Å². The molecule has 166 valence electrons. The third kappa shape index (κ3) is 5.52. The van der Waals surface area contributed by atoms with E-state index < -0.39 is 23.7 Å². The van der Waals surface area contributed by atoms with Crippen LogP contribution in [0.4, 0.5) is 4.79 Å². The second kappa shape index (κ2) is 10.4. The van der Waals surface area contributed by atoms with E-state index in [0.717, 1.165) is 11.1 Å². The molecule has 3 rings (SSSR count). The van der Waals surface area contributed by atoms with Crippen molar-refractivity contribution in [2.75, 3.05) is 13.7 Å². The van der Waals surface area contributed by atoms with E-state index in [4.69, 9.17) is 26.2 Å². The van der Waals surface area contributed by atoms with Crippen LogP contribution in [0, 0.1) is 0 Å². The zero-order chi connectivity index (χ0) is 23.3. The number of amides is 2. The maximum atomic E-state index is 12.4. The van der Waals surface area contributed by atoms with Gasteiger partial charge in [0.25, 0.3) is 11.1 Å². The fraction of sp³-hybridized carbons (Fsp3) is 0.174. The van der Waals surface area contributed by atoms with Crippen molar-refractivity contribution in [1.82, 2.24) is 4.90 Å². The fourth-order valence-corrected chi connectivity index (χ4v) is 4.01. The minimum atomic E-state index is -1.26. The van der Waals surface area contributed by atoms with Crippen molar-refractivity contribution in [3.8, 4) is 11.5 Å². The lowest BCUT2D eigenvalue weighted by molar-refractivity contribution is -0.140. The molecule has 0 saturated carbocycles. The lowest BCUT2D eigenvalue weighted by Gasteiger charge is -2.16. The highest BCUT2D eigenvalue weighted by Crippen LogP contribution is 2.37. The van der Waals surface area contributed by atoms with Gasteiger partial charge in [0, 0.05) is 10.6 Å². The van der Waals surface area contributed by atoms with Crippen molar-refractivity contribution >= 4 is 46.6 Å². The van der Waals surface area contributed by atoms with Crippen LogP contribution >= 0.6 is 23.4 Å². The minimum Gasteiger partial charge on any atom is -0.493 e. The molecule has 1 aliphatic rings. The molecule has 1 saturated heterocycles. The summed E-state index contributed by atoms with van der Waals surface area (Å²) in [5.41, 5.74) is 2.32. The van der Waals surface area contributed by atoms with Gasteiger partial charge in [0.2, 0.25) is 0 Å². The molecule has 7 nitrogen and oxygen atoms in total. The van der Waals surface area contributed by atoms with Crippen LogP contribution in [0.2, 0.25) is 5.02 Å². The fourth-order valence-electron chi connectivity index (χ4n) is 3.05. The highest BCUT2D eigenvalue weighted by atomic mass is 35.5. The van der Waals surface area contributed by atoms with Crippen LogP contribution in [0.25, 0.3) is 6.08 Å². The van der Waals surface area contributed by atoms with Crippen molar-refractivity contribution in [1.29, 1.82) is 0 Å². The molecule has 1 N–H and O–H groups in total. The Kier molecular flexibility index (Phi) is 7.61. The second-order valence-corrected chi connectivity index (χ2v) is 8.21. The van der Waals surface area contributed by atoms with Gasteiger partial charge in [-0.1, -0.05) is 29.8 Å². The monoisotopic (exact) mass is 473 g/mol. The third-order valence-corrected chi connectivity index (χ3v) is 5.66. The first-order valence-corrected chi connectivity index (χ1v) is 10.7. The number of carbonyl (C=O) groups excluding carboxylic acids is 2. The van der Waals surface area contributed by atoms with Crippen molar-refractivity contribution in [2.24, 2.45) is 0 Å². The van der Waals surface area contributed by atoms with Gasteiger partial charge in [-0.3, -0.25) is 19.3 Å². The van der Waals surface area contributed by atoms with Crippen molar-refractivity contribution < 1.29 is 29.0 Å². The molecule has 1 fully saturated rings. The smallest absolute Gasteiger partial charge is 0.323 e. The molecule has 0 bridgehead atoms. The lowest BCUT2D eigenvalue weighted by Crippen LogP contribution is -2.33. The molecular formula is C23H20ClNO6S. The summed E-state index contributed by atoms with van der Waals surface area (Å²) in [6, 6.07) is 10.8. The Morgan fingerprint density at radius 1 is 1.25 bits per heavy atom. The molecule has 0 atom stereocenters. The molecule has 0 radical (unpaired) electrons. The summed E-state index contributed by atoms with van der Waals surface area (Å²) in [6.07, 6.45) is 3.73. The SMILES string of the molecule is C=CCc1cc(/C=C2/SC(=O)N(CC(=O)O)C2=O)cc(OC)c1OCc1ccc(Cl)cc1. The Morgan fingerprint density at radius 3 is 2.59 bits per heavy atom. The predicted molar refractivity (Wildman–Crippen MR) is 123 cm³/mol. The zero-order valence-electron chi connectivity index (χ0n) is 17.2. The highest BCUT2D eigenvalue weighted by Gasteiger charge is 2.36. The molecule has 0 unspecified atom stereocenters. The van der Waals surface area contributed by atoms with Crippen molar-refractivity contribution in [2.45, 2.75) is 13.0 Å². The Balaban J connectivity index is 1.90. The normalized spacial score (nSPS) is 14.7. The van der Waals surface area contributed by atoms with Crippen LogP contribution in [-0.2, 0) is 22.6 Å². The summed E-state index contributed by atoms with van der Waals surface area (Å²) < 4.78 is 11.5. The number of carboxylic acids is 1. The van der Waals surface area contributed by atoms with E-state index in [0.29, 0.717) is 51.8 Å². The number of methoxy groups -OCH3 is 1. The standard InChI is InChI=1S/C23H20ClNO6S/c1-3-4-16-9-15(11-19-22(28)25(12-20(26)27)23(29)32-19)10-18(30-2)21(16)31-13-14-5-7-17(24)8-6-14/h3,5-11H,1,4,12-13H2,2H3,(H,26,27)/b19-11+. The molecular weight excluding hydrogens is 454 g/mol. The number of carbonyl (C=O) groups is 3. The van der Waals surface area contributed by atoms with Gasteiger partial charge in [0.05, 0.1) is 12.0 Å². The van der Waals surface area contributed by atoms with E-state index in [2.05, 4.69) is 6.58 Å². The number of carboxylic acid groups (broad SMARTS) is 1. The maximum Gasteiger partial charge on any atom is 0.323 e. The number of rotatable bonds is 9. The average Bonchev–Trinajstić information content (AvgIpc) is 3.01. The van der Waals surface area contributed by atoms with Crippen LogP contribution in [0.3, 0.4) is 0 Å². The number of nitrogens with zero attached hydrogens (tertiary/aromatic N) is 1. The highest BCUT2D eigenvalue weighted by molar-refractivity contribution is 8.18. The number of hydrogen-bond acceptors (Lipinski definition) is 6. The number of ether oxygens (including phenoxy) is 2. The summed E-state index contributed by atoms with van der Waals surface area (Å²) in [4.78, 5) is 36.2. The molecule has 32 heavy (non-hydrogen) atoms. The van der Waals surface area contributed by atoms with Gasteiger partial charge in [-0.25, -0.2) is 0 Å². The first-order valence-electron chi connectivity index (χ1n) is 9.48. The first-order chi connectivity index (χ1) is 15.3. The van der Waals surface area contributed by atoms with E-state index in [1.165, 1.54) is 13.2 Å². The van der Waals surface area contributed by atoms with E-state index in [9.17, 15) is 14.4 Å². The van der Waals surface area contributed by atoms with Crippen LogP contribution < -0.4 is 9.47 Å². The molecule has 9 heteroatoms. The van der Waals surface area contributed by atoms with E-state index in [1.807, 2.05) is 18.2 Å². The predicted octanol–water partition coefficient (Wildman–Crippen LogP) is 4.78. The van der Waals surface area contributed by atoms with Gasteiger partial charge in [-0.15, -0.1) is 6.58 Å². The van der Waals surface area contributed by atoms with E-state index in [1.54, 1.807) is 24.3 Å². The minimum absolute atomic E-state index is 0.137. The Hall–Kier alpha value is -3.23. The van der Waals surface area contributed by atoms with Gasteiger partial charge in [0.1, 0.15) is 13.2 Å². The molecule has 2 aromatic rings. The number of benzene rings is 2. The summed E-state index contributed by atoms with van der Waals surface area (Å²) in [5.74, 6) is -0.909. The molecule has 1 aliphatic heterocycles. The molecule has 2 aromatic carbocycles. The average molecular weight is 474 g/mol. The van der Waals surface area contributed by atoms with Gasteiger partial charge >= 0.3 is 5.97 Å². The summed E-state index contributed by atoms with van der Waals surface area (Å²) in [6.45, 7) is 3.40. The number of allylic oxidation sites excluding steroid dienone is 1. The zero-order valence-corrected chi connectivity index (χ0v) is 18.7. The van der Waals surface area contributed by atoms with Gasteiger partial charge in [-0.05, 0) is 59.7 Å². The summed E-state index contributed by atoms with van der Waals surface area (Å²) in [5, 5.41) is 8.92. The summed E-state index contributed by atoms with van der Waals surface area (Å²) >= 11 is 6.62. The van der Waals surface area contributed by atoms with Crippen molar-refractivity contribution in [3.05, 3.63) is 75.7 Å². The molecule has 1 heterocycles. The van der Waals surface area contributed by atoms with Crippen LogP contribution in [-0.4, -0.2) is 40.8 Å². The van der Waals surface area contributed by atoms with Crippen LogP contribution in [0.15, 0.2) is 54.0 Å². The number of aliphatic carboxylic acids is 1. The number of thioether (sulfide) groups is 1. The maximum absolute atomic E-state index is 12.4. The number of halogens is 1. The van der Waals surface area contributed by atoms with Crippen LogP contribution in [0.5, 0.6) is 11.5 Å². The molecule has 0 aliphatic carbocycles. The Bertz CT molecular complexity index is 1100. The second-order valence-electron chi connectivity index (χ2n) is 6.78. The number of imide groups is 1. The third-order valence-electron chi connectivity index (χ3n) is 4.50. The van der Waals surface area contributed by atoms with Gasteiger partial charge < -0.3 is 14.6 Å². The van der Waals surface area contributed by atoms with Crippen LogP contribution in [0.1, 0.15) is 16.7 Å². The molecule has 2 amide bonds. The van der Waals surface area contributed by atoms with Crippen molar-refractivity contribution in [3.63, 3.8) is 0 Å². The molecule has 0 aromatic heterocycles. The summed E-state index contributed by atoms with van der Waals surface area (Å²) in [7, 11) is 1.51.